The second kappa shape index (κ2) is 6.30. The summed E-state index contributed by atoms with van der Waals surface area (Å²) >= 11 is 5.38. The molecular formula is C11H14ClNO2. The van der Waals surface area contributed by atoms with Crippen LogP contribution < -0.4 is 10.1 Å². The third-order valence-corrected chi connectivity index (χ3v) is 1.95. The van der Waals surface area contributed by atoms with E-state index < -0.39 is 0 Å². The van der Waals surface area contributed by atoms with Crippen molar-refractivity contribution in [3.8, 4) is 5.75 Å². The fourth-order valence-corrected chi connectivity index (χ4v) is 1.14. The summed E-state index contributed by atoms with van der Waals surface area (Å²) < 4.78 is 5.43. The number of hydrogen-bond donors (Lipinski definition) is 1. The predicted octanol–water partition coefficient (Wildman–Crippen LogP) is 2.65. The number of ether oxygens (including phenoxy) is 1. The number of nitrogens with one attached hydrogen (secondary N) is 1. The van der Waals surface area contributed by atoms with Crippen LogP contribution in [0, 0.1) is 0 Å². The van der Waals surface area contributed by atoms with E-state index in [1.165, 1.54) is 0 Å². The van der Waals surface area contributed by atoms with Crippen molar-refractivity contribution >= 4 is 23.2 Å². The Balaban J connectivity index is 2.61. The van der Waals surface area contributed by atoms with E-state index >= 15 is 0 Å². The van der Waals surface area contributed by atoms with Gasteiger partial charge in [-0.25, -0.2) is 0 Å². The molecule has 15 heavy (non-hydrogen) atoms. The molecule has 1 rings (SSSR count). The molecule has 1 N–H and O–H groups in total. The molecule has 1 aromatic carbocycles. The van der Waals surface area contributed by atoms with Crippen molar-refractivity contribution < 1.29 is 9.53 Å². The standard InChI is InChI=1S/C11H14ClNO2/c1-2-6-15-10-5-3-4-9(7-10)13-11(14)8-12/h3-5,7H,2,6,8H2,1H3,(H,13,14). The summed E-state index contributed by atoms with van der Waals surface area (Å²) in [7, 11) is 0. The molecule has 4 heteroatoms. The van der Waals surface area contributed by atoms with Gasteiger partial charge in [0.25, 0.3) is 0 Å². The number of carbonyl (C=O) groups is 1. The number of hydrogen-bond acceptors (Lipinski definition) is 2. The second-order valence-electron chi connectivity index (χ2n) is 3.06. The zero-order chi connectivity index (χ0) is 11.1. The molecule has 82 valence electrons. The minimum absolute atomic E-state index is 0.0416. The first-order chi connectivity index (χ1) is 7.26. The van der Waals surface area contributed by atoms with E-state index in [4.69, 9.17) is 16.3 Å². The fourth-order valence-electron chi connectivity index (χ4n) is 1.08. The molecule has 0 aromatic heterocycles. The fraction of sp³-hybridized carbons (Fsp3) is 0.364. The van der Waals surface area contributed by atoms with Crippen LogP contribution in [0.2, 0.25) is 0 Å². The summed E-state index contributed by atoms with van der Waals surface area (Å²) in [5, 5.41) is 2.66. The first-order valence-corrected chi connectivity index (χ1v) is 5.38. The van der Waals surface area contributed by atoms with Crippen LogP contribution in [0.4, 0.5) is 5.69 Å². The van der Waals surface area contributed by atoms with Crippen LogP contribution in [-0.4, -0.2) is 18.4 Å². The highest BCUT2D eigenvalue weighted by Gasteiger charge is 2.00. The van der Waals surface area contributed by atoms with Crippen molar-refractivity contribution in [2.75, 3.05) is 17.8 Å². The van der Waals surface area contributed by atoms with Gasteiger partial charge in [-0.2, -0.15) is 0 Å². The minimum atomic E-state index is -0.218. The van der Waals surface area contributed by atoms with Gasteiger partial charge < -0.3 is 10.1 Å². The van der Waals surface area contributed by atoms with Gasteiger partial charge in [0.1, 0.15) is 11.6 Å². The Morgan fingerprint density at radius 1 is 1.53 bits per heavy atom. The maximum Gasteiger partial charge on any atom is 0.239 e. The Labute approximate surface area is 94.4 Å². The smallest absolute Gasteiger partial charge is 0.239 e. The monoisotopic (exact) mass is 227 g/mol. The van der Waals surface area contributed by atoms with E-state index in [1.807, 2.05) is 19.1 Å². The summed E-state index contributed by atoms with van der Waals surface area (Å²) in [6, 6.07) is 7.25. The Morgan fingerprint density at radius 2 is 2.33 bits per heavy atom. The molecule has 0 aliphatic heterocycles. The van der Waals surface area contributed by atoms with Crippen LogP contribution in [0.5, 0.6) is 5.75 Å². The van der Waals surface area contributed by atoms with Gasteiger partial charge in [-0.3, -0.25) is 4.79 Å². The molecule has 0 saturated carbocycles. The zero-order valence-corrected chi connectivity index (χ0v) is 9.38. The number of rotatable bonds is 5. The molecule has 3 nitrogen and oxygen atoms in total. The summed E-state index contributed by atoms with van der Waals surface area (Å²) in [4.78, 5) is 11.0. The van der Waals surface area contributed by atoms with E-state index in [0.717, 1.165) is 12.2 Å². The van der Waals surface area contributed by atoms with Crippen molar-refractivity contribution in [1.29, 1.82) is 0 Å². The number of amides is 1. The first kappa shape index (κ1) is 11.9. The molecule has 0 radical (unpaired) electrons. The lowest BCUT2D eigenvalue weighted by Crippen LogP contribution is -2.12. The lowest BCUT2D eigenvalue weighted by molar-refractivity contribution is -0.113. The van der Waals surface area contributed by atoms with Crippen LogP contribution in [0.3, 0.4) is 0 Å². The highest BCUT2D eigenvalue weighted by atomic mass is 35.5. The number of alkyl halides is 1. The summed E-state index contributed by atoms with van der Waals surface area (Å²) in [5.74, 6) is 0.494. The van der Waals surface area contributed by atoms with Crippen molar-refractivity contribution in [3.63, 3.8) is 0 Å². The molecule has 0 aliphatic rings. The molecule has 0 spiro atoms. The van der Waals surface area contributed by atoms with E-state index in [2.05, 4.69) is 5.32 Å². The molecule has 0 atom stereocenters. The van der Waals surface area contributed by atoms with Crippen LogP contribution in [0.1, 0.15) is 13.3 Å². The second-order valence-corrected chi connectivity index (χ2v) is 3.33. The Bertz CT molecular complexity index is 328. The van der Waals surface area contributed by atoms with Gasteiger partial charge in [-0.05, 0) is 18.6 Å². The number of halogens is 1. The molecule has 1 aromatic rings. The molecule has 0 fully saturated rings. The Morgan fingerprint density at radius 3 is 3.00 bits per heavy atom. The molecule has 0 aliphatic carbocycles. The zero-order valence-electron chi connectivity index (χ0n) is 8.63. The third kappa shape index (κ3) is 4.21. The number of anilines is 1. The topological polar surface area (TPSA) is 38.3 Å². The van der Waals surface area contributed by atoms with Crippen LogP contribution in [0.25, 0.3) is 0 Å². The molecular weight excluding hydrogens is 214 g/mol. The average Bonchev–Trinajstić information content (AvgIpc) is 2.26. The number of carbonyl (C=O) groups excluding carboxylic acids is 1. The van der Waals surface area contributed by atoms with E-state index in [9.17, 15) is 4.79 Å². The van der Waals surface area contributed by atoms with Gasteiger partial charge in [0.05, 0.1) is 6.61 Å². The van der Waals surface area contributed by atoms with E-state index in [1.54, 1.807) is 12.1 Å². The molecule has 0 bridgehead atoms. The van der Waals surface area contributed by atoms with Crippen molar-refractivity contribution in [3.05, 3.63) is 24.3 Å². The normalized spacial score (nSPS) is 9.73. The highest BCUT2D eigenvalue weighted by Crippen LogP contribution is 2.17. The van der Waals surface area contributed by atoms with E-state index in [0.29, 0.717) is 12.3 Å². The lowest BCUT2D eigenvalue weighted by Gasteiger charge is -2.07. The van der Waals surface area contributed by atoms with E-state index in [-0.39, 0.29) is 11.8 Å². The average molecular weight is 228 g/mol. The Hall–Kier alpha value is -1.22. The van der Waals surface area contributed by atoms with Gasteiger partial charge in [0.15, 0.2) is 0 Å². The van der Waals surface area contributed by atoms with Gasteiger partial charge in [-0.15, -0.1) is 11.6 Å². The molecule has 0 heterocycles. The maximum atomic E-state index is 11.0. The molecule has 0 unspecified atom stereocenters. The summed E-state index contributed by atoms with van der Waals surface area (Å²) in [6.07, 6.45) is 0.957. The van der Waals surface area contributed by atoms with Crippen molar-refractivity contribution in [2.24, 2.45) is 0 Å². The molecule has 1 amide bonds. The van der Waals surface area contributed by atoms with Gasteiger partial charge in [0, 0.05) is 11.8 Å². The molecule has 0 saturated heterocycles. The predicted molar refractivity (Wildman–Crippen MR) is 61.6 cm³/mol. The Kier molecular flexibility index (Phi) is 4.98. The van der Waals surface area contributed by atoms with Crippen molar-refractivity contribution in [2.45, 2.75) is 13.3 Å². The SMILES string of the molecule is CCCOc1cccc(NC(=O)CCl)c1. The quantitative estimate of drug-likeness (QED) is 0.786. The van der Waals surface area contributed by atoms with Gasteiger partial charge in [-0.1, -0.05) is 13.0 Å². The van der Waals surface area contributed by atoms with Crippen LogP contribution in [-0.2, 0) is 4.79 Å². The summed E-state index contributed by atoms with van der Waals surface area (Å²) in [6.45, 7) is 2.71. The van der Waals surface area contributed by atoms with Gasteiger partial charge in [0.2, 0.25) is 5.91 Å². The maximum absolute atomic E-state index is 11.0. The first-order valence-electron chi connectivity index (χ1n) is 4.85. The summed E-state index contributed by atoms with van der Waals surface area (Å²) in [5.41, 5.74) is 0.703. The minimum Gasteiger partial charge on any atom is -0.494 e. The van der Waals surface area contributed by atoms with Crippen LogP contribution >= 0.6 is 11.6 Å². The van der Waals surface area contributed by atoms with Crippen LogP contribution in [0.15, 0.2) is 24.3 Å². The number of benzene rings is 1. The van der Waals surface area contributed by atoms with Gasteiger partial charge >= 0.3 is 0 Å². The lowest BCUT2D eigenvalue weighted by atomic mass is 10.3. The van der Waals surface area contributed by atoms with Crippen molar-refractivity contribution in [1.82, 2.24) is 0 Å². The highest BCUT2D eigenvalue weighted by molar-refractivity contribution is 6.29. The largest absolute Gasteiger partial charge is 0.494 e. The third-order valence-electron chi connectivity index (χ3n) is 1.71.